The van der Waals surface area contributed by atoms with E-state index in [9.17, 15) is 24.3 Å². The van der Waals surface area contributed by atoms with Crippen LogP contribution in [0.4, 0.5) is 0 Å². The summed E-state index contributed by atoms with van der Waals surface area (Å²) in [5, 5.41) is 19.7. The van der Waals surface area contributed by atoms with Crippen molar-refractivity contribution in [3.8, 4) is 5.75 Å². The lowest BCUT2D eigenvalue weighted by atomic mass is 10.1. The second-order valence-electron chi connectivity index (χ2n) is 7.62. The number of carbonyl (C=O) groups excluding carboxylic acids is 4. The fraction of sp³-hybridized carbons (Fsp3) is 0.524. The molecule has 2 rings (SSSR count). The molecule has 2 atom stereocenters. The van der Waals surface area contributed by atoms with Crippen molar-refractivity contribution in [2.24, 2.45) is 0 Å². The van der Waals surface area contributed by atoms with Crippen LogP contribution in [0.15, 0.2) is 24.3 Å². The van der Waals surface area contributed by atoms with Gasteiger partial charge in [-0.3, -0.25) is 19.2 Å². The fourth-order valence-corrected chi connectivity index (χ4v) is 3.05. The average Bonchev–Trinajstić information content (AvgIpc) is 2.76. The van der Waals surface area contributed by atoms with E-state index < -0.39 is 48.7 Å². The van der Waals surface area contributed by atoms with Crippen LogP contribution in [-0.4, -0.2) is 92.7 Å². The fourth-order valence-electron chi connectivity index (χ4n) is 3.05. The summed E-state index contributed by atoms with van der Waals surface area (Å²) in [6.45, 7) is 0.689. The van der Waals surface area contributed by atoms with Crippen LogP contribution in [-0.2, 0) is 14.4 Å². The normalized spacial score (nSPS) is 20.2. The Kier molecular flexibility index (Phi) is 9.89. The second kappa shape index (κ2) is 12.6. The van der Waals surface area contributed by atoms with E-state index in [0.717, 1.165) is 6.54 Å². The van der Waals surface area contributed by atoms with E-state index >= 15 is 0 Å². The number of fused-ring (bicyclic) bond motifs is 1. The van der Waals surface area contributed by atoms with Gasteiger partial charge in [-0.25, -0.2) is 0 Å². The van der Waals surface area contributed by atoms with Crippen LogP contribution in [0.5, 0.6) is 5.75 Å². The average molecular weight is 450 g/mol. The summed E-state index contributed by atoms with van der Waals surface area (Å²) in [7, 11) is 3.83. The Labute approximate surface area is 186 Å². The number of aliphatic hydroxyl groups is 1. The van der Waals surface area contributed by atoms with Crippen LogP contribution >= 0.6 is 0 Å². The van der Waals surface area contributed by atoms with E-state index in [0.29, 0.717) is 13.0 Å². The monoisotopic (exact) mass is 449 g/mol. The van der Waals surface area contributed by atoms with Crippen molar-refractivity contribution in [1.82, 2.24) is 26.2 Å². The minimum absolute atomic E-state index is 0.0674. The van der Waals surface area contributed by atoms with Gasteiger partial charge in [-0.05, 0) is 39.2 Å². The predicted molar refractivity (Wildman–Crippen MR) is 116 cm³/mol. The van der Waals surface area contributed by atoms with E-state index in [1.54, 1.807) is 24.3 Å². The first-order chi connectivity index (χ1) is 15.3. The zero-order valence-electron chi connectivity index (χ0n) is 18.3. The molecule has 0 fully saturated rings. The van der Waals surface area contributed by atoms with E-state index in [2.05, 4.69) is 21.3 Å². The maximum Gasteiger partial charge on any atom is 0.255 e. The first-order valence-electron chi connectivity index (χ1n) is 10.4. The van der Waals surface area contributed by atoms with E-state index in [1.165, 1.54) is 0 Å². The number of carbonyl (C=O) groups is 4. The second-order valence-corrected chi connectivity index (χ2v) is 7.62. The lowest BCUT2D eigenvalue weighted by molar-refractivity contribution is -0.131. The van der Waals surface area contributed by atoms with Crippen LogP contribution in [0.3, 0.4) is 0 Å². The Morgan fingerprint density at radius 3 is 2.69 bits per heavy atom. The topological polar surface area (TPSA) is 149 Å². The number of para-hydroxylation sites is 1. The molecule has 1 aromatic carbocycles. The van der Waals surface area contributed by atoms with Gasteiger partial charge in [0.1, 0.15) is 24.4 Å². The third kappa shape index (κ3) is 7.82. The van der Waals surface area contributed by atoms with Gasteiger partial charge in [0.15, 0.2) is 0 Å². The van der Waals surface area contributed by atoms with Gasteiger partial charge in [-0.1, -0.05) is 12.1 Å². The van der Waals surface area contributed by atoms with Crippen molar-refractivity contribution in [3.05, 3.63) is 29.8 Å². The Hall–Kier alpha value is -3.18. The SMILES string of the molecule is CN(C)CCCNC(=O)[C@@H]1CC(=O)N[C@@H](CO)C(=O)NCCOc2ccccc2C(=O)N1. The minimum Gasteiger partial charge on any atom is -0.491 e. The molecule has 0 aliphatic carbocycles. The van der Waals surface area contributed by atoms with Crippen molar-refractivity contribution >= 4 is 23.6 Å². The zero-order valence-corrected chi connectivity index (χ0v) is 18.3. The summed E-state index contributed by atoms with van der Waals surface area (Å²) < 4.78 is 5.61. The molecule has 1 aliphatic heterocycles. The van der Waals surface area contributed by atoms with Gasteiger partial charge < -0.3 is 36.0 Å². The number of amides is 4. The third-order valence-corrected chi connectivity index (χ3v) is 4.72. The number of hydrogen-bond acceptors (Lipinski definition) is 7. The summed E-state index contributed by atoms with van der Waals surface area (Å²) in [6.07, 6.45) is 0.285. The van der Waals surface area contributed by atoms with Crippen LogP contribution < -0.4 is 26.0 Å². The molecule has 0 saturated carbocycles. The maximum absolute atomic E-state index is 12.9. The van der Waals surface area contributed by atoms with Crippen molar-refractivity contribution in [2.75, 3.05) is 46.9 Å². The summed E-state index contributed by atoms with van der Waals surface area (Å²) >= 11 is 0. The molecule has 1 heterocycles. The van der Waals surface area contributed by atoms with Gasteiger partial charge in [-0.2, -0.15) is 0 Å². The molecule has 176 valence electrons. The van der Waals surface area contributed by atoms with Crippen LogP contribution in [0.2, 0.25) is 0 Å². The molecule has 0 radical (unpaired) electrons. The number of ether oxygens (including phenoxy) is 1. The molecule has 11 heteroatoms. The van der Waals surface area contributed by atoms with Gasteiger partial charge in [0.25, 0.3) is 5.91 Å². The van der Waals surface area contributed by atoms with Gasteiger partial charge in [0.05, 0.1) is 25.1 Å². The number of rotatable bonds is 6. The highest BCUT2D eigenvalue weighted by Gasteiger charge is 2.28. The van der Waals surface area contributed by atoms with E-state index in [1.807, 2.05) is 19.0 Å². The summed E-state index contributed by atoms with van der Waals surface area (Å²) in [6, 6.07) is 4.13. The quantitative estimate of drug-likeness (QED) is 0.323. The van der Waals surface area contributed by atoms with Gasteiger partial charge >= 0.3 is 0 Å². The van der Waals surface area contributed by atoms with Crippen LogP contribution in [0, 0.1) is 0 Å². The molecule has 0 bridgehead atoms. The summed E-state index contributed by atoms with van der Waals surface area (Å²) in [5.41, 5.74) is 0.204. The minimum atomic E-state index is -1.18. The van der Waals surface area contributed by atoms with Gasteiger partial charge in [0.2, 0.25) is 17.7 Å². The highest BCUT2D eigenvalue weighted by Crippen LogP contribution is 2.18. The molecule has 0 unspecified atom stereocenters. The predicted octanol–water partition coefficient (Wildman–Crippen LogP) is -1.77. The number of aliphatic hydroxyl groups excluding tert-OH is 1. The maximum atomic E-state index is 12.9. The first kappa shape index (κ1) is 25.1. The van der Waals surface area contributed by atoms with Gasteiger partial charge in [-0.15, -0.1) is 0 Å². The molecule has 5 N–H and O–H groups in total. The molecule has 0 spiro atoms. The highest BCUT2D eigenvalue weighted by atomic mass is 16.5. The third-order valence-electron chi connectivity index (χ3n) is 4.72. The van der Waals surface area contributed by atoms with Crippen molar-refractivity contribution in [3.63, 3.8) is 0 Å². The summed E-state index contributed by atoms with van der Waals surface area (Å²) in [5.74, 6) is -2.05. The Morgan fingerprint density at radius 2 is 1.97 bits per heavy atom. The van der Waals surface area contributed by atoms with E-state index in [4.69, 9.17) is 4.74 Å². The zero-order chi connectivity index (χ0) is 23.5. The Morgan fingerprint density at radius 1 is 1.22 bits per heavy atom. The molecule has 4 amide bonds. The first-order valence-corrected chi connectivity index (χ1v) is 10.4. The smallest absolute Gasteiger partial charge is 0.255 e. The number of nitrogens with zero attached hydrogens (tertiary/aromatic N) is 1. The van der Waals surface area contributed by atoms with Crippen LogP contribution in [0.25, 0.3) is 0 Å². The molecule has 1 aromatic rings. The molecule has 0 aromatic heterocycles. The lowest BCUT2D eigenvalue weighted by Crippen LogP contribution is -2.53. The molecular weight excluding hydrogens is 418 g/mol. The lowest BCUT2D eigenvalue weighted by Gasteiger charge is -2.22. The molecule has 32 heavy (non-hydrogen) atoms. The Bertz CT molecular complexity index is 816. The van der Waals surface area contributed by atoms with Crippen molar-refractivity contribution in [1.29, 1.82) is 0 Å². The highest BCUT2D eigenvalue weighted by molar-refractivity contribution is 6.01. The Balaban J connectivity index is 2.22. The number of nitrogens with one attached hydrogen (secondary N) is 4. The molecule has 0 saturated heterocycles. The molecular formula is C21H31N5O6. The molecule has 11 nitrogen and oxygen atoms in total. The van der Waals surface area contributed by atoms with E-state index in [-0.39, 0.29) is 24.5 Å². The molecule has 1 aliphatic rings. The van der Waals surface area contributed by atoms with Crippen molar-refractivity contribution in [2.45, 2.75) is 24.9 Å². The van der Waals surface area contributed by atoms with Crippen LogP contribution in [0.1, 0.15) is 23.2 Å². The number of hydrogen-bond donors (Lipinski definition) is 5. The number of benzene rings is 1. The van der Waals surface area contributed by atoms with Gasteiger partial charge in [0, 0.05) is 6.54 Å². The van der Waals surface area contributed by atoms with Crippen molar-refractivity contribution < 1.29 is 29.0 Å². The standard InChI is InChI=1S/C21H31N5O6/c1-26(2)10-5-8-22-20(30)15-12-18(28)24-16(13-27)21(31)23-9-11-32-17-7-4-3-6-14(17)19(29)25-15/h3-4,6-7,15-16,27H,5,8-13H2,1-2H3,(H,22,30)(H,23,31)(H,24,28)(H,25,29)/t15-,16-/m0/s1. The summed E-state index contributed by atoms with van der Waals surface area (Å²) in [4.78, 5) is 52.3. The largest absolute Gasteiger partial charge is 0.491 e.